The van der Waals surface area contributed by atoms with E-state index in [9.17, 15) is 9.90 Å². The molecule has 1 heterocycles. The van der Waals surface area contributed by atoms with Gasteiger partial charge in [-0.3, -0.25) is 4.79 Å². The van der Waals surface area contributed by atoms with Crippen molar-refractivity contribution < 1.29 is 9.90 Å². The maximum Gasteiger partial charge on any atom is 0.256 e. The summed E-state index contributed by atoms with van der Waals surface area (Å²) in [6.45, 7) is 3.12. The summed E-state index contributed by atoms with van der Waals surface area (Å²) < 4.78 is 0. The smallest absolute Gasteiger partial charge is 0.256 e. The van der Waals surface area contributed by atoms with Gasteiger partial charge >= 0.3 is 0 Å². The van der Waals surface area contributed by atoms with Gasteiger partial charge in [-0.25, -0.2) is 0 Å². The summed E-state index contributed by atoms with van der Waals surface area (Å²) >= 11 is 0. The van der Waals surface area contributed by atoms with Crippen LogP contribution in [0.3, 0.4) is 0 Å². The van der Waals surface area contributed by atoms with E-state index in [2.05, 4.69) is 5.32 Å². The molecule has 1 atom stereocenters. The van der Waals surface area contributed by atoms with Crippen LogP contribution in [-0.2, 0) is 4.79 Å². The largest absolute Gasteiger partial charge is 0.378 e. The molecule has 1 fully saturated rings. The van der Waals surface area contributed by atoms with Gasteiger partial charge in [-0.15, -0.1) is 0 Å². The molecule has 1 unspecified atom stereocenters. The molecule has 2 rings (SSSR count). The third kappa shape index (κ3) is 3.05. The maximum atomic E-state index is 12.1. The summed E-state index contributed by atoms with van der Waals surface area (Å²) in [5.41, 5.74) is 0.662. The minimum Gasteiger partial charge on any atom is -0.378 e. The summed E-state index contributed by atoms with van der Waals surface area (Å²) in [6.07, 6.45) is -0.0953. The van der Waals surface area contributed by atoms with E-state index in [4.69, 9.17) is 0 Å². The van der Waals surface area contributed by atoms with Gasteiger partial charge in [0.05, 0.1) is 0 Å². The van der Waals surface area contributed by atoms with Crippen molar-refractivity contribution in [1.29, 1.82) is 0 Å². The average molecular weight is 234 g/mol. The molecule has 92 valence electrons. The van der Waals surface area contributed by atoms with Crippen LogP contribution in [0.2, 0.25) is 0 Å². The first-order valence-corrected chi connectivity index (χ1v) is 6.01. The summed E-state index contributed by atoms with van der Waals surface area (Å²) in [6, 6.07) is 9.08. The lowest BCUT2D eigenvalue weighted by Gasteiger charge is -2.23. The molecule has 4 heteroatoms. The predicted molar refractivity (Wildman–Crippen MR) is 65.5 cm³/mol. The predicted octanol–water partition coefficient (Wildman–Crippen LogP) is 0.542. The first kappa shape index (κ1) is 12.1. The molecule has 1 saturated heterocycles. The Hall–Kier alpha value is -1.39. The molecule has 0 spiro atoms. The molecule has 2 N–H and O–H groups in total. The van der Waals surface area contributed by atoms with E-state index >= 15 is 0 Å². The second-order valence-corrected chi connectivity index (χ2v) is 4.24. The minimum atomic E-state index is -1.03. The quantitative estimate of drug-likeness (QED) is 0.785. The standard InChI is InChI=1S/C13H18N2O2/c16-12(11-5-2-1-3-6-11)13(17)15-9-4-7-14-8-10-15/h1-3,5-6,12,14,16H,4,7-10H2. The Bertz CT molecular complexity index is 359. The number of nitrogens with zero attached hydrogens (tertiary/aromatic N) is 1. The van der Waals surface area contributed by atoms with Crippen LogP contribution in [0.4, 0.5) is 0 Å². The molecule has 4 nitrogen and oxygen atoms in total. The molecule has 1 aromatic carbocycles. The Morgan fingerprint density at radius 3 is 2.76 bits per heavy atom. The van der Waals surface area contributed by atoms with Gasteiger partial charge in [0.2, 0.25) is 0 Å². The zero-order chi connectivity index (χ0) is 12.1. The molecule has 1 amide bonds. The number of carbonyl (C=O) groups excluding carboxylic acids is 1. The van der Waals surface area contributed by atoms with E-state index < -0.39 is 6.10 Å². The number of hydrogen-bond donors (Lipinski definition) is 2. The van der Waals surface area contributed by atoms with Crippen LogP contribution in [0.25, 0.3) is 0 Å². The van der Waals surface area contributed by atoms with Crippen molar-refractivity contribution in [2.24, 2.45) is 0 Å². The van der Waals surface area contributed by atoms with E-state index in [1.807, 2.05) is 18.2 Å². The SMILES string of the molecule is O=C(C(O)c1ccccc1)N1CCCNCC1. The second-order valence-electron chi connectivity index (χ2n) is 4.24. The molecule has 0 aromatic heterocycles. The molecular weight excluding hydrogens is 216 g/mol. The van der Waals surface area contributed by atoms with Crippen LogP contribution >= 0.6 is 0 Å². The average Bonchev–Trinajstić information content (AvgIpc) is 2.67. The molecule has 0 radical (unpaired) electrons. The maximum absolute atomic E-state index is 12.1. The van der Waals surface area contributed by atoms with E-state index in [0.29, 0.717) is 12.1 Å². The second kappa shape index (κ2) is 5.80. The van der Waals surface area contributed by atoms with Crippen LogP contribution in [0.5, 0.6) is 0 Å². The number of aliphatic hydroxyl groups excluding tert-OH is 1. The molecule has 1 aliphatic heterocycles. The zero-order valence-corrected chi connectivity index (χ0v) is 9.80. The third-order valence-corrected chi connectivity index (χ3v) is 3.00. The summed E-state index contributed by atoms with van der Waals surface area (Å²) in [4.78, 5) is 13.8. The van der Waals surface area contributed by atoms with E-state index in [1.54, 1.807) is 17.0 Å². The zero-order valence-electron chi connectivity index (χ0n) is 9.80. The van der Waals surface area contributed by atoms with Crippen molar-refractivity contribution in [3.63, 3.8) is 0 Å². The molecule has 0 bridgehead atoms. The van der Waals surface area contributed by atoms with Crippen molar-refractivity contribution in [3.8, 4) is 0 Å². The Balaban J connectivity index is 2.03. The van der Waals surface area contributed by atoms with Crippen LogP contribution < -0.4 is 5.32 Å². The number of rotatable bonds is 2. The topological polar surface area (TPSA) is 52.6 Å². The van der Waals surface area contributed by atoms with Crippen LogP contribution in [0, 0.1) is 0 Å². The Morgan fingerprint density at radius 1 is 1.24 bits per heavy atom. The van der Waals surface area contributed by atoms with Crippen LogP contribution in [-0.4, -0.2) is 42.1 Å². The number of carbonyl (C=O) groups is 1. The molecule has 0 saturated carbocycles. The molecular formula is C13H18N2O2. The normalized spacial score (nSPS) is 18.5. The highest BCUT2D eigenvalue weighted by atomic mass is 16.3. The summed E-state index contributed by atoms with van der Waals surface area (Å²) in [5.74, 6) is -0.195. The molecule has 1 aromatic rings. The fraction of sp³-hybridized carbons (Fsp3) is 0.462. The molecule has 1 aliphatic rings. The highest BCUT2D eigenvalue weighted by Crippen LogP contribution is 2.15. The fourth-order valence-corrected chi connectivity index (χ4v) is 2.02. The van der Waals surface area contributed by atoms with Crippen molar-refractivity contribution >= 4 is 5.91 Å². The van der Waals surface area contributed by atoms with Crippen LogP contribution in [0.1, 0.15) is 18.1 Å². The lowest BCUT2D eigenvalue weighted by Crippen LogP contribution is -2.37. The number of hydrogen-bond acceptors (Lipinski definition) is 3. The van der Waals surface area contributed by atoms with E-state index in [0.717, 1.165) is 26.1 Å². The third-order valence-electron chi connectivity index (χ3n) is 3.00. The lowest BCUT2D eigenvalue weighted by molar-refractivity contribution is -0.140. The van der Waals surface area contributed by atoms with E-state index in [1.165, 1.54) is 0 Å². The van der Waals surface area contributed by atoms with Gasteiger partial charge < -0.3 is 15.3 Å². The van der Waals surface area contributed by atoms with Gasteiger partial charge in [0.15, 0.2) is 6.10 Å². The number of aliphatic hydroxyl groups is 1. The summed E-state index contributed by atoms with van der Waals surface area (Å²) in [7, 11) is 0. The lowest BCUT2D eigenvalue weighted by atomic mass is 10.1. The first-order valence-electron chi connectivity index (χ1n) is 6.01. The van der Waals surface area contributed by atoms with Crippen molar-refractivity contribution in [1.82, 2.24) is 10.2 Å². The van der Waals surface area contributed by atoms with Gasteiger partial charge in [-0.1, -0.05) is 30.3 Å². The van der Waals surface area contributed by atoms with Crippen molar-refractivity contribution in [3.05, 3.63) is 35.9 Å². The van der Waals surface area contributed by atoms with E-state index in [-0.39, 0.29) is 5.91 Å². The Labute approximate surface area is 101 Å². The number of benzene rings is 1. The van der Waals surface area contributed by atoms with Crippen molar-refractivity contribution in [2.75, 3.05) is 26.2 Å². The Morgan fingerprint density at radius 2 is 2.00 bits per heavy atom. The van der Waals surface area contributed by atoms with Gasteiger partial charge in [0, 0.05) is 19.6 Å². The minimum absolute atomic E-state index is 0.195. The van der Waals surface area contributed by atoms with Gasteiger partial charge in [-0.2, -0.15) is 0 Å². The van der Waals surface area contributed by atoms with Gasteiger partial charge in [-0.05, 0) is 18.5 Å². The molecule has 17 heavy (non-hydrogen) atoms. The molecule has 0 aliphatic carbocycles. The van der Waals surface area contributed by atoms with Gasteiger partial charge in [0.1, 0.15) is 0 Å². The monoisotopic (exact) mass is 234 g/mol. The number of amides is 1. The number of nitrogens with one attached hydrogen (secondary N) is 1. The highest BCUT2D eigenvalue weighted by Gasteiger charge is 2.23. The first-order chi connectivity index (χ1) is 8.29. The van der Waals surface area contributed by atoms with Gasteiger partial charge in [0.25, 0.3) is 5.91 Å². The van der Waals surface area contributed by atoms with Crippen molar-refractivity contribution in [2.45, 2.75) is 12.5 Å². The highest BCUT2D eigenvalue weighted by molar-refractivity contribution is 5.82. The fourth-order valence-electron chi connectivity index (χ4n) is 2.02. The van der Waals surface area contributed by atoms with Crippen LogP contribution in [0.15, 0.2) is 30.3 Å². The Kier molecular flexibility index (Phi) is 4.12. The summed E-state index contributed by atoms with van der Waals surface area (Å²) in [5, 5.41) is 13.3.